The summed E-state index contributed by atoms with van der Waals surface area (Å²) in [4.78, 5) is 1.66. The van der Waals surface area contributed by atoms with Gasteiger partial charge in [-0.2, -0.15) is 4.80 Å². The Labute approximate surface area is 117 Å². The van der Waals surface area contributed by atoms with E-state index < -0.39 is 0 Å². The van der Waals surface area contributed by atoms with Gasteiger partial charge in [-0.15, -0.1) is 10.2 Å². The largest absolute Gasteiger partial charge is 0.393 e. The average molecular weight is 267 g/mol. The Morgan fingerprint density at radius 2 is 1.60 bits per heavy atom. The number of benzene rings is 2. The fraction of sp³-hybridized carbons (Fsp3) is 0.250. The number of aliphatic hydroxyl groups is 1. The summed E-state index contributed by atoms with van der Waals surface area (Å²) >= 11 is 0. The molecule has 4 heteroatoms. The standard InChI is InChI=1S/C16H17N3O/c1-2-13(20)11-12-7-3-6-10-16(12)19-17-14-8-4-5-9-15(14)18-19/h3-10,13,20H,2,11H2,1H3. The minimum Gasteiger partial charge on any atom is -0.393 e. The maximum atomic E-state index is 9.87. The minimum atomic E-state index is -0.332. The highest BCUT2D eigenvalue weighted by Gasteiger charge is 2.11. The Kier molecular flexibility index (Phi) is 3.48. The lowest BCUT2D eigenvalue weighted by Crippen LogP contribution is -2.12. The summed E-state index contributed by atoms with van der Waals surface area (Å²) in [6.45, 7) is 1.98. The molecule has 0 radical (unpaired) electrons. The van der Waals surface area contributed by atoms with Crippen LogP contribution in [-0.4, -0.2) is 26.2 Å². The molecule has 0 aliphatic carbocycles. The Bertz CT molecular complexity index is 687. The number of para-hydroxylation sites is 1. The Balaban J connectivity index is 2.04. The van der Waals surface area contributed by atoms with Crippen molar-refractivity contribution in [2.75, 3.05) is 0 Å². The SMILES string of the molecule is CCC(O)Cc1ccccc1-n1nc2ccccc2n1. The van der Waals surface area contributed by atoms with Crippen LogP contribution in [-0.2, 0) is 6.42 Å². The molecule has 0 bridgehead atoms. The molecule has 0 aliphatic heterocycles. The van der Waals surface area contributed by atoms with Crippen molar-refractivity contribution in [3.05, 3.63) is 54.1 Å². The van der Waals surface area contributed by atoms with Gasteiger partial charge in [0.2, 0.25) is 0 Å². The Hall–Kier alpha value is -2.20. The lowest BCUT2D eigenvalue weighted by molar-refractivity contribution is 0.170. The number of rotatable bonds is 4. The number of fused-ring (bicyclic) bond motifs is 1. The van der Waals surface area contributed by atoms with Gasteiger partial charge in [-0.3, -0.25) is 0 Å². The summed E-state index contributed by atoms with van der Waals surface area (Å²) < 4.78 is 0. The van der Waals surface area contributed by atoms with Crippen molar-refractivity contribution in [1.29, 1.82) is 0 Å². The zero-order valence-corrected chi connectivity index (χ0v) is 11.4. The van der Waals surface area contributed by atoms with E-state index in [9.17, 15) is 5.11 Å². The zero-order valence-electron chi connectivity index (χ0n) is 11.4. The third kappa shape index (κ3) is 2.42. The van der Waals surface area contributed by atoms with Crippen molar-refractivity contribution in [1.82, 2.24) is 15.0 Å². The van der Waals surface area contributed by atoms with Gasteiger partial charge in [0, 0.05) is 6.42 Å². The molecule has 0 saturated carbocycles. The fourth-order valence-electron chi connectivity index (χ4n) is 2.24. The molecular formula is C16H17N3O. The summed E-state index contributed by atoms with van der Waals surface area (Å²) in [5.41, 5.74) is 3.73. The van der Waals surface area contributed by atoms with E-state index in [0.29, 0.717) is 6.42 Å². The number of nitrogens with zero attached hydrogens (tertiary/aromatic N) is 3. The molecule has 102 valence electrons. The van der Waals surface area contributed by atoms with Crippen LogP contribution in [0.3, 0.4) is 0 Å². The monoisotopic (exact) mass is 267 g/mol. The summed E-state index contributed by atoms with van der Waals surface area (Å²) in [5, 5.41) is 18.9. The predicted octanol–water partition coefficient (Wildman–Crippen LogP) is 2.73. The van der Waals surface area contributed by atoms with E-state index in [1.54, 1.807) is 4.80 Å². The fourth-order valence-corrected chi connectivity index (χ4v) is 2.24. The molecule has 0 spiro atoms. The van der Waals surface area contributed by atoms with Gasteiger partial charge < -0.3 is 5.11 Å². The van der Waals surface area contributed by atoms with Crippen LogP contribution < -0.4 is 0 Å². The van der Waals surface area contributed by atoms with Gasteiger partial charge in [-0.05, 0) is 30.2 Å². The van der Waals surface area contributed by atoms with Crippen LogP contribution in [0.25, 0.3) is 16.7 Å². The van der Waals surface area contributed by atoms with E-state index in [1.165, 1.54) is 0 Å². The minimum absolute atomic E-state index is 0.332. The molecule has 1 aromatic heterocycles. The topological polar surface area (TPSA) is 50.9 Å². The number of hydrogen-bond acceptors (Lipinski definition) is 3. The van der Waals surface area contributed by atoms with Crippen molar-refractivity contribution in [3.8, 4) is 5.69 Å². The first-order valence-corrected chi connectivity index (χ1v) is 6.86. The van der Waals surface area contributed by atoms with Crippen LogP contribution in [0.2, 0.25) is 0 Å². The first kappa shape index (κ1) is 12.8. The maximum absolute atomic E-state index is 9.87. The molecule has 3 aromatic rings. The van der Waals surface area contributed by atoms with Gasteiger partial charge in [0.05, 0.1) is 11.8 Å². The van der Waals surface area contributed by atoms with E-state index in [-0.39, 0.29) is 6.10 Å². The highest BCUT2D eigenvalue weighted by Crippen LogP contribution is 2.18. The van der Waals surface area contributed by atoms with Crippen molar-refractivity contribution in [2.24, 2.45) is 0 Å². The van der Waals surface area contributed by atoms with E-state index in [4.69, 9.17) is 0 Å². The first-order chi connectivity index (χ1) is 9.78. The van der Waals surface area contributed by atoms with Gasteiger partial charge in [0.25, 0.3) is 0 Å². The molecule has 20 heavy (non-hydrogen) atoms. The number of aliphatic hydroxyl groups excluding tert-OH is 1. The van der Waals surface area contributed by atoms with Crippen LogP contribution in [0.5, 0.6) is 0 Å². The van der Waals surface area contributed by atoms with Gasteiger partial charge in [0.1, 0.15) is 11.0 Å². The third-order valence-corrected chi connectivity index (χ3v) is 3.42. The summed E-state index contributed by atoms with van der Waals surface area (Å²) in [7, 11) is 0. The van der Waals surface area contributed by atoms with Crippen molar-refractivity contribution >= 4 is 11.0 Å². The summed E-state index contributed by atoms with van der Waals surface area (Å²) in [6, 6.07) is 15.7. The lowest BCUT2D eigenvalue weighted by atomic mass is 10.0. The molecule has 3 rings (SSSR count). The second-order valence-electron chi connectivity index (χ2n) is 4.87. The molecular weight excluding hydrogens is 250 g/mol. The molecule has 0 saturated heterocycles. The van der Waals surface area contributed by atoms with Crippen LogP contribution in [0.1, 0.15) is 18.9 Å². The molecule has 1 unspecified atom stereocenters. The van der Waals surface area contributed by atoms with E-state index in [0.717, 1.165) is 28.7 Å². The van der Waals surface area contributed by atoms with Gasteiger partial charge in [0.15, 0.2) is 0 Å². The maximum Gasteiger partial charge on any atom is 0.113 e. The highest BCUT2D eigenvalue weighted by molar-refractivity contribution is 5.73. The second kappa shape index (κ2) is 5.43. The van der Waals surface area contributed by atoms with E-state index >= 15 is 0 Å². The van der Waals surface area contributed by atoms with E-state index in [1.807, 2.05) is 55.5 Å². The van der Waals surface area contributed by atoms with Crippen LogP contribution in [0, 0.1) is 0 Å². The molecule has 1 heterocycles. The lowest BCUT2D eigenvalue weighted by Gasteiger charge is -2.11. The molecule has 0 fully saturated rings. The Morgan fingerprint density at radius 3 is 2.25 bits per heavy atom. The van der Waals surface area contributed by atoms with Gasteiger partial charge >= 0.3 is 0 Å². The second-order valence-corrected chi connectivity index (χ2v) is 4.87. The van der Waals surface area contributed by atoms with Crippen LogP contribution >= 0.6 is 0 Å². The zero-order chi connectivity index (χ0) is 13.9. The summed E-state index contributed by atoms with van der Waals surface area (Å²) in [5.74, 6) is 0. The van der Waals surface area contributed by atoms with Gasteiger partial charge in [-0.1, -0.05) is 37.3 Å². The predicted molar refractivity (Wildman–Crippen MR) is 78.9 cm³/mol. The van der Waals surface area contributed by atoms with Crippen molar-refractivity contribution in [2.45, 2.75) is 25.9 Å². The third-order valence-electron chi connectivity index (χ3n) is 3.42. The average Bonchev–Trinajstić information content (AvgIpc) is 2.91. The number of aromatic nitrogens is 3. The Morgan fingerprint density at radius 1 is 1.00 bits per heavy atom. The molecule has 1 atom stereocenters. The quantitative estimate of drug-likeness (QED) is 0.790. The molecule has 2 aromatic carbocycles. The number of hydrogen-bond donors (Lipinski definition) is 1. The molecule has 4 nitrogen and oxygen atoms in total. The molecule has 1 N–H and O–H groups in total. The molecule has 0 amide bonds. The van der Waals surface area contributed by atoms with Crippen molar-refractivity contribution < 1.29 is 5.11 Å². The molecule has 0 aliphatic rings. The highest BCUT2D eigenvalue weighted by atomic mass is 16.3. The smallest absolute Gasteiger partial charge is 0.113 e. The first-order valence-electron chi connectivity index (χ1n) is 6.86. The van der Waals surface area contributed by atoms with Crippen LogP contribution in [0.15, 0.2) is 48.5 Å². The van der Waals surface area contributed by atoms with Crippen LogP contribution in [0.4, 0.5) is 0 Å². The van der Waals surface area contributed by atoms with Gasteiger partial charge in [-0.25, -0.2) is 0 Å². The van der Waals surface area contributed by atoms with E-state index in [2.05, 4.69) is 10.2 Å². The summed E-state index contributed by atoms with van der Waals surface area (Å²) in [6.07, 6.45) is 1.02. The normalized spacial score (nSPS) is 12.7. The van der Waals surface area contributed by atoms with Crippen molar-refractivity contribution in [3.63, 3.8) is 0 Å².